The van der Waals surface area contributed by atoms with E-state index in [1.54, 1.807) is 6.07 Å². The second-order valence-electron chi connectivity index (χ2n) is 4.28. The Labute approximate surface area is 113 Å². The molecule has 0 aromatic heterocycles. The first kappa shape index (κ1) is 15.2. The van der Waals surface area contributed by atoms with Gasteiger partial charge in [0.15, 0.2) is 0 Å². The third-order valence-electron chi connectivity index (χ3n) is 2.31. The maximum Gasteiger partial charge on any atom is 0.142 e. The third-order valence-corrected chi connectivity index (χ3v) is 2.61. The highest BCUT2D eigenvalue weighted by molar-refractivity contribution is 6.32. The Balaban J connectivity index is 2.52. The molecule has 4 nitrogen and oxygen atoms in total. The molecule has 0 amide bonds. The van der Waals surface area contributed by atoms with Crippen molar-refractivity contribution in [1.29, 1.82) is 0 Å². The number of benzene rings is 1. The van der Waals surface area contributed by atoms with Gasteiger partial charge in [0.05, 0.1) is 17.7 Å². The molecule has 18 heavy (non-hydrogen) atoms. The Kier molecular flexibility index (Phi) is 6.43. The van der Waals surface area contributed by atoms with E-state index >= 15 is 0 Å². The molecule has 0 bridgehead atoms. The summed E-state index contributed by atoms with van der Waals surface area (Å²) in [5.74, 6) is 0.533. The molecule has 5 heteroatoms. The molecule has 0 spiro atoms. The summed E-state index contributed by atoms with van der Waals surface area (Å²) in [6.07, 6.45) is -0.603. The van der Waals surface area contributed by atoms with E-state index in [0.717, 1.165) is 5.56 Å². The number of rotatable bonds is 7. The van der Waals surface area contributed by atoms with Gasteiger partial charge < -0.3 is 20.3 Å². The molecule has 0 radical (unpaired) electrons. The molecule has 0 aliphatic heterocycles. The standard InChI is InChI=1S/C13H20ClNO3/c1-9(2)17-7-11(16)8-18-13-10(6-15)4-3-5-12(13)14/h3-5,9,11,16H,6-8,15H2,1-2H3. The summed E-state index contributed by atoms with van der Waals surface area (Å²) in [6.45, 7) is 4.53. The van der Waals surface area contributed by atoms with Crippen molar-refractivity contribution in [3.05, 3.63) is 28.8 Å². The summed E-state index contributed by atoms with van der Waals surface area (Å²) in [5.41, 5.74) is 6.42. The SMILES string of the molecule is CC(C)OCC(O)COc1c(Cl)cccc1CN. The average Bonchev–Trinajstić information content (AvgIpc) is 2.34. The molecule has 0 aliphatic rings. The van der Waals surface area contributed by atoms with Crippen molar-refractivity contribution in [3.63, 3.8) is 0 Å². The zero-order valence-electron chi connectivity index (χ0n) is 10.7. The van der Waals surface area contributed by atoms with Crippen LogP contribution in [0.5, 0.6) is 5.75 Å². The summed E-state index contributed by atoms with van der Waals surface area (Å²) in [6, 6.07) is 5.39. The Morgan fingerprint density at radius 2 is 2.06 bits per heavy atom. The number of hydrogen-bond acceptors (Lipinski definition) is 4. The largest absolute Gasteiger partial charge is 0.489 e. The summed E-state index contributed by atoms with van der Waals surface area (Å²) in [4.78, 5) is 0. The van der Waals surface area contributed by atoms with Crippen molar-refractivity contribution in [3.8, 4) is 5.75 Å². The van der Waals surface area contributed by atoms with Crippen LogP contribution in [-0.4, -0.2) is 30.5 Å². The minimum atomic E-state index is -0.686. The summed E-state index contributed by atoms with van der Waals surface area (Å²) < 4.78 is 10.8. The lowest BCUT2D eigenvalue weighted by Gasteiger charge is -2.16. The fourth-order valence-electron chi connectivity index (χ4n) is 1.41. The normalized spacial score (nSPS) is 12.8. The van der Waals surface area contributed by atoms with Crippen molar-refractivity contribution in [2.45, 2.75) is 32.6 Å². The molecular formula is C13H20ClNO3. The van der Waals surface area contributed by atoms with Gasteiger partial charge in [0.25, 0.3) is 0 Å². The number of aliphatic hydroxyl groups is 1. The van der Waals surface area contributed by atoms with Crippen molar-refractivity contribution in [2.24, 2.45) is 5.73 Å². The number of ether oxygens (including phenoxy) is 2. The van der Waals surface area contributed by atoms with E-state index in [1.165, 1.54) is 0 Å². The maximum absolute atomic E-state index is 9.69. The van der Waals surface area contributed by atoms with Crippen LogP contribution in [-0.2, 0) is 11.3 Å². The molecule has 0 saturated heterocycles. The Morgan fingerprint density at radius 3 is 2.67 bits per heavy atom. The zero-order valence-corrected chi connectivity index (χ0v) is 11.5. The molecule has 0 aliphatic carbocycles. The van der Waals surface area contributed by atoms with E-state index < -0.39 is 6.10 Å². The highest BCUT2D eigenvalue weighted by atomic mass is 35.5. The smallest absolute Gasteiger partial charge is 0.142 e. The van der Waals surface area contributed by atoms with Gasteiger partial charge in [-0.25, -0.2) is 0 Å². The van der Waals surface area contributed by atoms with Crippen molar-refractivity contribution >= 4 is 11.6 Å². The lowest BCUT2D eigenvalue weighted by Crippen LogP contribution is -2.25. The van der Waals surface area contributed by atoms with E-state index in [0.29, 0.717) is 17.3 Å². The Bertz CT molecular complexity index is 371. The van der Waals surface area contributed by atoms with Gasteiger partial charge in [0.2, 0.25) is 0 Å². The van der Waals surface area contributed by atoms with Crippen LogP contribution in [0.4, 0.5) is 0 Å². The number of para-hydroxylation sites is 1. The number of hydrogen-bond donors (Lipinski definition) is 2. The monoisotopic (exact) mass is 273 g/mol. The average molecular weight is 274 g/mol. The van der Waals surface area contributed by atoms with Gasteiger partial charge in [-0.15, -0.1) is 0 Å². The summed E-state index contributed by atoms with van der Waals surface area (Å²) in [5, 5.41) is 10.2. The van der Waals surface area contributed by atoms with Crippen LogP contribution in [0.15, 0.2) is 18.2 Å². The van der Waals surface area contributed by atoms with Gasteiger partial charge in [0, 0.05) is 12.1 Å². The fraction of sp³-hybridized carbons (Fsp3) is 0.538. The van der Waals surface area contributed by atoms with Gasteiger partial charge in [-0.2, -0.15) is 0 Å². The van der Waals surface area contributed by atoms with Gasteiger partial charge in [-0.3, -0.25) is 0 Å². The molecule has 1 aromatic carbocycles. The maximum atomic E-state index is 9.69. The molecule has 1 aromatic rings. The van der Waals surface area contributed by atoms with Crippen LogP contribution >= 0.6 is 11.6 Å². The highest BCUT2D eigenvalue weighted by Gasteiger charge is 2.11. The quantitative estimate of drug-likeness (QED) is 0.797. The van der Waals surface area contributed by atoms with Gasteiger partial charge in [-0.1, -0.05) is 23.7 Å². The van der Waals surface area contributed by atoms with E-state index in [1.807, 2.05) is 26.0 Å². The third kappa shape index (κ3) is 4.82. The van der Waals surface area contributed by atoms with Crippen LogP contribution < -0.4 is 10.5 Å². The van der Waals surface area contributed by atoms with Crippen LogP contribution in [0, 0.1) is 0 Å². The van der Waals surface area contributed by atoms with Crippen LogP contribution in [0.3, 0.4) is 0 Å². The first-order valence-corrected chi connectivity index (χ1v) is 6.32. The van der Waals surface area contributed by atoms with Gasteiger partial charge in [-0.05, 0) is 19.9 Å². The predicted molar refractivity (Wildman–Crippen MR) is 71.9 cm³/mol. The lowest BCUT2D eigenvalue weighted by atomic mass is 10.2. The Morgan fingerprint density at radius 1 is 1.33 bits per heavy atom. The number of aliphatic hydroxyl groups excluding tert-OH is 1. The van der Waals surface area contributed by atoms with Crippen LogP contribution in [0.25, 0.3) is 0 Å². The van der Waals surface area contributed by atoms with Crippen molar-refractivity contribution < 1.29 is 14.6 Å². The van der Waals surface area contributed by atoms with Crippen molar-refractivity contribution in [2.75, 3.05) is 13.2 Å². The number of nitrogens with two attached hydrogens (primary N) is 1. The van der Waals surface area contributed by atoms with E-state index in [-0.39, 0.29) is 19.3 Å². The molecule has 1 atom stereocenters. The summed E-state index contributed by atoms with van der Waals surface area (Å²) in [7, 11) is 0. The van der Waals surface area contributed by atoms with E-state index in [2.05, 4.69) is 0 Å². The molecular weight excluding hydrogens is 254 g/mol. The minimum Gasteiger partial charge on any atom is -0.489 e. The highest BCUT2D eigenvalue weighted by Crippen LogP contribution is 2.28. The molecule has 3 N–H and O–H groups in total. The topological polar surface area (TPSA) is 64.7 Å². The minimum absolute atomic E-state index is 0.0829. The number of halogens is 1. The molecule has 0 fully saturated rings. The lowest BCUT2D eigenvalue weighted by molar-refractivity contribution is -0.0123. The fourth-order valence-corrected chi connectivity index (χ4v) is 1.66. The Hall–Kier alpha value is -0.810. The zero-order chi connectivity index (χ0) is 13.5. The molecule has 1 unspecified atom stereocenters. The first-order chi connectivity index (χ1) is 8.54. The second kappa shape index (κ2) is 7.59. The summed E-state index contributed by atoms with van der Waals surface area (Å²) >= 11 is 6.03. The van der Waals surface area contributed by atoms with Crippen molar-refractivity contribution in [1.82, 2.24) is 0 Å². The molecule has 0 heterocycles. The van der Waals surface area contributed by atoms with E-state index in [9.17, 15) is 5.11 Å². The van der Waals surface area contributed by atoms with Gasteiger partial charge in [0.1, 0.15) is 18.5 Å². The second-order valence-corrected chi connectivity index (χ2v) is 4.69. The van der Waals surface area contributed by atoms with E-state index in [4.69, 9.17) is 26.8 Å². The van der Waals surface area contributed by atoms with Gasteiger partial charge >= 0.3 is 0 Å². The van der Waals surface area contributed by atoms with Crippen LogP contribution in [0.1, 0.15) is 19.4 Å². The first-order valence-electron chi connectivity index (χ1n) is 5.94. The predicted octanol–water partition coefficient (Wildman–Crippen LogP) is 1.96. The van der Waals surface area contributed by atoms with Crippen LogP contribution in [0.2, 0.25) is 5.02 Å². The molecule has 0 saturated carbocycles. The molecule has 102 valence electrons. The molecule has 1 rings (SSSR count).